The van der Waals surface area contributed by atoms with Crippen LogP contribution in [0.1, 0.15) is 17.2 Å². The number of fused-ring (bicyclic) bond motifs is 1. The summed E-state index contributed by atoms with van der Waals surface area (Å²) >= 11 is 0. The minimum Gasteiger partial charge on any atom is -0.316 e. The Hall–Kier alpha value is -2.20. The fourth-order valence-electron chi connectivity index (χ4n) is 2.37. The van der Waals surface area contributed by atoms with Crippen molar-refractivity contribution in [1.29, 1.82) is 0 Å². The van der Waals surface area contributed by atoms with Crippen molar-refractivity contribution < 1.29 is 9.18 Å². The molecule has 1 atom stereocenters. The summed E-state index contributed by atoms with van der Waals surface area (Å²) in [6.07, 6.45) is 0. The number of rotatable bonds is 1. The van der Waals surface area contributed by atoms with E-state index in [0.29, 0.717) is 5.69 Å². The third kappa shape index (κ3) is 1.81. The van der Waals surface area contributed by atoms with Crippen molar-refractivity contribution in [3.63, 3.8) is 0 Å². The van der Waals surface area contributed by atoms with Gasteiger partial charge in [0.25, 0.3) is 5.91 Å². The molecule has 0 saturated carbocycles. The smallest absolute Gasteiger partial charge is 0.253 e. The number of nitrogens with two attached hydrogens (primary N) is 1. The van der Waals surface area contributed by atoms with Crippen LogP contribution in [0.25, 0.3) is 0 Å². The van der Waals surface area contributed by atoms with Crippen LogP contribution in [0.4, 0.5) is 15.8 Å². The van der Waals surface area contributed by atoms with Gasteiger partial charge in [0.1, 0.15) is 11.9 Å². The van der Waals surface area contributed by atoms with E-state index >= 15 is 0 Å². The molecule has 19 heavy (non-hydrogen) atoms. The number of benzene rings is 2. The molecule has 1 heterocycles. The van der Waals surface area contributed by atoms with Crippen LogP contribution in [0.5, 0.6) is 0 Å². The molecular formula is C15H13FN2O. The van der Waals surface area contributed by atoms with E-state index < -0.39 is 6.04 Å². The Morgan fingerprint density at radius 2 is 1.84 bits per heavy atom. The van der Waals surface area contributed by atoms with Gasteiger partial charge in [0, 0.05) is 11.3 Å². The molecule has 1 aliphatic heterocycles. The molecule has 0 fully saturated rings. The molecule has 4 heteroatoms. The largest absolute Gasteiger partial charge is 0.316 e. The van der Waals surface area contributed by atoms with Crippen LogP contribution >= 0.6 is 0 Å². The zero-order chi connectivity index (χ0) is 13.6. The Morgan fingerprint density at radius 3 is 2.53 bits per heavy atom. The number of aryl methyl sites for hydroxylation is 1. The Kier molecular flexibility index (Phi) is 2.61. The van der Waals surface area contributed by atoms with Crippen LogP contribution in [0, 0.1) is 12.7 Å². The van der Waals surface area contributed by atoms with Gasteiger partial charge in [0.15, 0.2) is 0 Å². The van der Waals surface area contributed by atoms with Gasteiger partial charge in [-0.05, 0) is 37.3 Å². The van der Waals surface area contributed by atoms with Crippen LogP contribution in [0.2, 0.25) is 0 Å². The molecule has 0 saturated heterocycles. The van der Waals surface area contributed by atoms with Gasteiger partial charge in [-0.15, -0.1) is 0 Å². The lowest BCUT2D eigenvalue weighted by molar-refractivity contribution is -0.118. The summed E-state index contributed by atoms with van der Waals surface area (Å²) in [5, 5.41) is 0. The van der Waals surface area contributed by atoms with E-state index in [1.165, 1.54) is 12.1 Å². The Labute approximate surface area is 110 Å². The highest BCUT2D eigenvalue weighted by Crippen LogP contribution is 2.39. The standard InChI is InChI=1S/C15H13FN2O/c1-9-2-7-13-12(8-9)14(17)15(19)18(13)11-5-3-10(16)4-6-11/h2-8,14H,17H2,1H3. The first-order chi connectivity index (χ1) is 9.08. The minimum absolute atomic E-state index is 0.188. The normalized spacial score (nSPS) is 17.7. The molecule has 3 rings (SSSR count). The summed E-state index contributed by atoms with van der Waals surface area (Å²) in [7, 11) is 0. The summed E-state index contributed by atoms with van der Waals surface area (Å²) in [6.45, 7) is 1.96. The van der Waals surface area contributed by atoms with E-state index in [2.05, 4.69) is 0 Å². The van der Waals surface area contributed by atoms with Crippen LogP contribution in [0.15, 0.2) is 42.5 Å². The Balaban J connectivity index is 2.13. The molecule has 3 nitrogen and oxygen atoms in total. The molecule has 0 radical (unpaired) electrons. The van der Waals surface area contributed by atoms with E-state index in [4.69, 9.17) is 5.73 Å². The van der Waals surface area contributed by atoms with Crippen molar-refractivity contribution in [2.75, 3.05) is 4.90 Å². The Morgan fingerprint density at radius 1 is 1.16 bits per heavy atom. The topological polar surface area (TPSA) is 46.3 Å². The first-order valence-electron chi connectivity index (χ1n) is 6.03. The van der Waals surface area contributed by atoms with Gasteiger partial charge >= 0.3 is 0 Å². The molecule has 0 aromatic heterocycles. The number of carbonyl (C=O) groups is 1. The zero-order valence-corrected chi connectivity index (χ0v) is 10.4. The van der Waals surface area contributed by atoms with E-state index in [1.54, 1.807) is 17.0 Å². The van der Waals surface area contributed by atoms with Gasteiger partial charge in [-0.2, -0.15) is 0 Å². The highest BCUT2D eigenvalue weighted by Gasteiger charge is 2.35. The molecule has 2 aromatic carbocycles. The predicted molar refractivity (Wildman–Crippen MR) is 71.7 cm³/mol. The molecule has 1 amide bonds. The number of nitrogens with zero attached hydrogens (tertiary/aromatic N) is 1. The molecule has 96 valence electrons. The molecule has 1 aliphatic rings. The number of anilines is 2. The van der Waals surface area contributed by atoms with E-state index in [-0.39, 0.29) is 11.7 Å². The number of hydrogen-bond acceptors (Lipinski definition) is 2. The van der Waals surface area contributed by atoms with Crippen molar-refractivity contribution in [3.8, 4) is 0 Å². The van der Waals surface area contributed by atoms with Gasteiger partial charge in [-0.25, -0.2) is 4.39 Å². The van der Waals surface area contributed by atoms with Gasteiger partial charge in [0.2, 0.25) is 0 Å². The fraction of sp³-hybridized carbons (Fsp3) is 0.133. The maximum atomic E-state index is 13.0. The monoisotopic (exact) mass is 256 g/mol. The fourth-order valence-corrected chi connectivity index (χ4v) is 2.37. The quantitative estimate of drug-likeness (QED) is 0.852. The van der Waals surface area contributed by atoms with Crippen LogP contribution in [-0.2, 0) is 4.79 Å². The van der Waals surface area contributed by atoms with Gasteiger partial charge in [-0.1, -0.05) is 17.7 Å². The van der Waals surface area contributed by atoms with Crippen LogP contribution < -0.4 is 10.6 Å². The zero-order valence-electron chi connectivity index (χ0n) is 10.4. The average Bonchev–Trinajstić information content (AvgIpc) is 2.64. The summed E-state index contributed by atoms with van der Waals surface area (Å²) < 4.78 is 13.0. The van der Waals surface area contributed by atoms with Gasteiger partial charge in [0.05, 0.1) is 5.69 Å². The lowest BCUT2D eigenvalue weighted by Gasteiger charge is -2.17. The SMILES string of the molecule is Cc1ccc2c(c1)C(N)C(=O)N2c1ccc(F)cc1. The average molecular weight is 256 g/mol. The first-order valence-corrected chi connectivity index (χ1v) is 6.03. The third-order valence-corrected chi connectivity index (χ3v) is 3.33. The summed E-state index contributed by atoms with van der Waals surface area (Å²) in [4.78, 5) is 13.8. The molecule has 0 bridgehead atoms. The maximum absolute atomic E-state index is 13.0. The lowest BCUT2D eigenvalue weighted by Crippen LogP contribution is -2.27. The molecule has 0 aliphatic carbocycles. The number of carbonyl (C=O) groups excluding carboxylic acids is 1. The molecular weight excluding hydrogens is 243 g/mol. The number of amides is 1. The number of halogens is 1. The van der Waals surface area contributed by atoms with Crippen molar-refractivity contribution >= 4 is 17.3 Å². The summed E-state index contributed by atoms with van der Waals surface area (Å²) in [5.41, 5.74) is 9.23. The predicted octanol–water partition coefficient (Wildman–Crippen LogP) is 2.81. The highest BCUT2D eigenvalue weighted by molar-refractivity contribution is 6.09. The second-order valence-electron chi connectivity index (χ2n) is 4.69. The van der Waals surface area contributed by atoms with Gasteiger partial charge < -0.3 is 5.73 Å². The highest BCUT2D eigenvalue weighted by atomic mass is 19.1. The minimum atomic E-state index is -0.653. The van der Waals surface area contributed by atoms with Crippen LogP contribution in [0.3, 0.4) is 0 Å². The van der Waals surface area contributed by atoms with Crippen molar-refractivity contribution in [2.24, 2.45) is 5.73 Å². The first kappa shape index (κ1) is 11.9. The Bertz CT molecular complexity index is 652. The summed E-state index contributed by atoms with van der Waals surface area (Å²) in [6, 6.07) is 10.9. The summed E-state index contributed by atoms with van der Waals surface area (Å²) in [5.74, 6) is -0.518. The number of hydrogen-bond donors (Lipinski definition) is 1. The molecule has 2 N–H and O–H groups in total. The maximum Gasteiger partial charge on any atom is 0.253 e. The van der Waals surface area contributed by atoms with E-state index in [0.717, 1.165) is 16.8 Å². The third-order valence-electron chi connectivity index (χ3n) is 3.33. The van der Waals surface area contributed by atoms with Crippen LogP contribution in [-0.4, -0.2) is 5.91 Å². The van der Waals surface area contributed by atoms with Crippen molar-refractivity contribution in [1.82, 2.24) is 0 Å². The second-order valence-corrected chi connectivity index (χ2v) is 4.69. The molecule has 0 spiro atoms. The van der Waals surface area contributed by atoms with Gasteiger partial charge in [-0.3, -0.25) is 9.69 Å². The molecule has 1 unspecified atom stereocenters. The lowest BCUT2D eigenvalue weighted by atomic mass is 10.1. The van der Waals surface area contributed by atoms with E-state index in [1.807, 2.05) is 25.1 Å². The van der Waals surface area contributed by atoms with E-state index in [9.17, 15) is 9.18 Å². The van der Waals surface area contributed by atoms with Crippen molar-refractivity contribution in [2.45, 2.75) is 13.0 Å². The second kappa shape index (κ2) is 4.17. The molecule has 2 aromatic rings. The van der Waals surface area contributed by atoms with Crippen molar-refractivity contribution in [3.05, 3.63) is 59.4 Å².